The van der Waals surface area contributed by atoms with Crippen LogP contribution in [0.25, 0.3) is 0 Å². The Labute approximate surface area is 128 Å². The van der Waals surface area contributed by atoms with Crippen molar-refractivity contribution in [3.05, 3.63) is 39.4 Å². The van der Waals surface area contributed by atoms with E-state index in [1.165, 1.54) is 12.8 Å². The highest BCUT2D eigenvalue weighted by atomic mass is 16.6. The average molecular weight is 292 g/mol. The van der Waals surface area contributed by atoms with Crippen LogP contribution in [-0.2, 0) is 0 Å². The van der Waals surface area contributed by atoms with Gasteiger partial charge in [0.15, 0.2) is 0 Å². The first-order chi connectivity index (χ1) is 9.81. The molecule has 1 rings (SSSR count). The molecule has 0 spiro atoms. The zero-order chi connectivity index (χ0) is 16.0. The van der Waals surface area contributed by atoms with Crippen LogP contribution in [0.2, 0.25) is 0 Å². The quantitative estimate of drug-likeness (QED) is 0.554. The molecule has 2 atom stereocenters. The Morgan fingerprint density at radius 1 is 1.19 bits per heavy atom. The molecule has 0 heterocycles. The third-order valence-corrected chi connectivity index (χ3v) is 3.88. The molecule has 0 aromatic heterocycles. The summed E-state index contributed by atoms with van der Waals surface area (Å²) >= 11 is 0. The third-order valence-electron chi connectivity index (χ3n) is 3.88. The van der Waals surface area contributed by atoms with E-state index in [1.807, 2.05) is 12.1 Å². The van der Waals surface area contributed by atoms with Gasteiger partial charge in [0, 0.05) is 23.7 Å². The largest absolute Gasteiger partial charge is 0.308 e. The van der Waals surface area contributed by atoms with Gasteiger partial charge in [-0.05, 0) is 38.7 Å². The van der Waals surface area contributed by atoms with Crippen molar-refractivity contribution in [3.63, 3.8) is 0 Å². The van der Waals surface area contributed by atoms with E-state index in [2.05, 4.69) is 33.0 Å². The van der Waals surface area contributed by atoms with E-state index in [0.717, 1.165) is 17.9 Å². The molecule has 0 fully saturated rings. The lowest BCUT2D eigenvalue weighted by Gasteiger charge is -2.21. The van der Waals surface area contributed by atoms with E-state index in [-0.39, 0.29) is 16.7 Å². The number of aryl methyl sites for hydroxylation is 1. The summed E-state index contributed by atoms with van der Waals surface area (Å²) in [6.07, 6.45) is 3.60. The van der Waals surface area contributed by atoms with E-state index in [9.17, 15) is 10.1 Å². The normalized spacial score (nSPS) is 14.2. The molecule has 118 valence electrons. The zero-order valence-electron chi connectivity index (χ0n) is 13.8. The molecule has 0 aliphatic carbocycles. The van der Waals surface area contributed by atoms with Gasteiger partial charge in [-0.2, -0.15) is 0 Å². The lowest BCUT2D eigenvalue weighted by atomic mass is 10.0. The number of nitrogens with zero attached hydrogens (tertiary/aromatic N) is 1. The molecule has 0 saturated carbocycles. The summed E-state index contributed by atoms with van der Waals surface area (Å²) < 4.78 is 0. The molecule has 4 heteroatoms. The van der Waals surface area contributed by atoms with Crippen LogP contribution in [0.1, 0.15) is 64.1 Å². The maximum atomic E-state index is 11.0. The summed E-state index contributed by atoms with van der Waals surface area (Å²) in [6, 6.07) is 6.03. The van der Waals surface area contributed by atoms with Crippen molar-refractivity contribution in [1.82, 2.24) is 5.32 Å². The number of benzene rings is 1. The SMILES string of the molecule is Cc1ccc(C(C)NC(C)CCCC(C)C)cc1[N+](=O)[O-]. The van der Waals surface area contributed by atoms with Crippen LogP contribution in [0, 0.1) is 23.0 Å². The van der Waals surface area contributed by atoms with Crippen molar-refractivity contribution >= 4 is 5.69 Å². The third kappa shape index (κ3) is 5.84. The van der Waals surface area contributed by atoms with Gasteiger partial charge in [-0.25, -0.2) is 0 Å². The van der Waals surface area contributed by atoms with Crippen LogP contribution < -0.4 is 5.32 Å². The van der Waals surface area contributed by atoms with Gasteiger partial charge < -0.3 is 5.32 Å². The first-order valence-electron chi connectivity index (χ1n) is 7.82. The standard InChI is InChI=1S/C17H28N2O2/c1-12(2)7-6-8-14(4)18-15(5)16-10-9-13(3)17(11-16)19(20)21/h9-12,14-15,18H,6-8H2,1-5H3. The molecule has 1 aromatic rings. The molecule has 4 nitrogen and oxygen atoms in total. The van der Waals surface area contributed by atoms with Crippen molar-refractivity contribution in [2.45, 2.75) is 66.0 Å². The molecule has 0 aliphatic heterocycles. The molecule has 0 bridgehead atoms. The van der Waals surface area contributed by atoms with E-state index < -0.39 is 0 Å². The van der Waals surface area contributed by atoms with Crippen molar-refractivity contribution in [3.8, 4) is 0 Å². The Balaban J connectivity index is 2.61. The molecule has 21 heavy (non-hydrogen) atoms. The number of nitro groups is 1. The van der Waals surface area contributed by atoms with Crippen molar-refractivity contribution < 1.29 is 4.92 Å². The maximum absolute atomic E-state index is 11.0. The molecule has 0 radical (unpaired) electrons. The van der Waals surface area contributed by atoms with Gasteiger partial charge in [0.2, 0.25) is 0 Å². The van der Waals surface area contributed by atoms with Crippen LogP contribution in [0.4, 0.5) is 5.69 Å². The lowest BCUT2D eigenvalue weighted by molar-refractivity contribution is -0.385. The highest BCUT2D eigenvalue weighted by Gasteiger charge is 2.15. The molecular formula is C17H28N2O2. The second-order valence-electron chi connectivity index (χ2n) is 6.42. The maximum Gasteiger partial charge on any atom is 0.272 e. The number of nitro benzene ring substituents is 1. The molecule has 0 saturated heterocycles. The van der Waals surface area contributed by atoms with Gasteiger partial charge in [-0.1, -0.05) is 38.8 Å². The van der Waals surface area contributed by atoms with E-state index in [1.54, 1.807) is 13.0 Å². The smallest absolute Gasteiger partial charge is 0.272 e. The average Bonchev–Trinajstić information content (AvgIpc) is 2.38. The Morgan fingerprint density at radius 3 is 2.43 bits per heavy atom. The minimum atomic E-state index is -0.308. The van der Waals surface area contributed by atoms with Crippen molar-refractivity contribution in [2.24, 2.45) is 5.92 Å². The molecule has 2 unspecified atom stereocenters. The van der Waals surface area contributed by atoms with E-state index >= 15 is 0 Å². The number of nitrogens with one attached hydrogen (secondary N) is 1. The lowest BCUT2D eigenvalue weighted by Crippen LogP contribution is -2.29. The fourth-order valence-corrected chi connectivity index (χ4v) is 2.53. The Bertz CT molecular complexity index is 472. The fourth-order valence-electron chi connectivity index (χ4n) is 2.53. The van der Waals surface area contributed by atoms with Crippen LogP contribution >= 0.6 is 0 Å². The summed E-state index contributed by atoms with van der Waals surface area (Å²) in [7, 11) is 0. The summed E-state index contributed by atoms with van der Waals surface area (Å²) in [5, 5.41) is 14.5. The monoisotopic (exact) mass is 292 g/mol. The fraction of sp³-hybridized carbons (Fsp3) is 0.647. The summed E-state index contributed by atoms with van der Waals surface area (Å²) in [5.74, 6) is 0.745. The van der Waals surface area contributed by atoms with Crippen LogP contribution in [-0.4, -0.2) is 11.0 Å². The van der Waals surface area contributed by atoms with Crippen LogP contribution in [0.5, 0.6) is 0 Å². The molecule has 1 N–H and O–H groups in total. The van der Waals surface area contributed by atoms with Gasteiger partial charge >= 0.3 is 0 Å². The number of hydrogen-bond acceptors (Lipinski definition) is 3. The topological polar surface area (TPSA) is 55.2 Å². The zero-order valence-corrected chi connectivity index (χ0v) is 13.8. The Hall–Kier alpha value is -1.42. The Morgan fingerprint density at radius 2 is 1.86 bits per heavy atom. The van der Waals surface area contributed by atoms with Crippen LogP contribution in [0.15, 0.2) is 18.2 Å². The van der Waals surface area contributed by atoms with Gasteiger partial charge in [0.05, 0.1) is 4.92 Å². The minimum absolute atomic E-state index is 0.123. The highest BCUT2D eigenvalue weighted by Crippen LogP contribution is 2.23. The summed E-state index contributed by atoms with van der Waals surface area (Å²) in [6.45, 7) is 10.5. The van der Waals surface area contributed by atoms with E-state index in [4.69, 9.17) is 0 Å². The predicted octanol–water partition coefficient (Wildman–Crippen LogP) is 4.77. The molecule has 0 amide bonds. The predicted molar refractivity (Wildman–Crippen MR) is 87.5 cm³/mol. The van der Waals surface area contributed by atoms with Gasteiger partial charge in [0.25, 0.3) is 5.69 Å². The van der Waals surface area contributed by atoms with Gasteiger partial charge in [0.1, 0.15) is 0 Å². The van der Waals surface area contributed by atoms with Gasteiger partial charge in [-0.3, -0.25) is 10.1 Å². The number of hydrogen-bond donors (Lipinski definition) is 1. The van der Waals surface area contributed by atoms with Crippen LogP contribution in [0.3, 0.4) is 0 Å². The molecular weight excluding hydrogens is 264 g/mol. The minimum Gasteiger partial charge on any atom is -0.308 e. The molecule has 0 aliphatic rings. The van der Waals surface area contributed by atoms with E-state index in [0.29, 0.717) is 11.6 Å². The van der Waals surface area contributed by atoms with Gasteiger partial charge in [-0.15, -0.1) is 0 Å². The number of rotatable bonds is 8. The first kappa shape index (κ1) is 17.6. The summed E-state index contributed by atoms with van der Waals surface area (Å²) in [4.78, 5) is 10.7. The first-order valence-corrected chi connectivity index (χ1v) is 7.82. The van der Waals surface area contributed by atoms with Crippen molar-refractivity contribution in [1.29, 1.82) is 0 Å². The second-order valence-corrected chi connectivity index (χ2v) is 6.42. The highest BCUT2D eigenvalue weighted by molar-refractivity contribution is 5.43. The second kappa shape index (κ2) is 8.13. The van der Waals surface area contributed by atoms with Crippen molar-refractivity contribution in [2.75, 3.05) is 0 Å². The summed E-state index contributed by atoms with van der Waals surface area (Å²) in [5.41, 5.74) is 1.89. The molecule has 1 aromatic carbocycles. The Kier molecular flexibility index (Phi) is 6.82.